The van der Waals surface area contributed by atoms with E-state index in [9.17, 15) is 4.79 Å². The van der Waals surface area contributed by atoms with Gasteiger partial charge in [0, 0.05) is 25.1 Å². The highest BCUT2D eigenvalue weighted by Gasteiger charge is 2.16. The van der Waals surface area contributed by atoms with Crippen LogP contribution in [-0.2, 0) is 4.74 Å². The lowest BCUT2D eigenvalue weighted by Crippen LogP contribution is -2.28. The van der Waals surface area contributed by atoms with Gasteiger partial charge < -0.3 is 19.5 Å². The van der Waals surface area contributed by atoms with Crippen LogP contribution in [0.25, 0.3) is 0 Å². The van der Waals surface area contributed by atoms with Crippen LogP contribution in [0.15, 0.2) is 48.7 Å². The molecule has 1 amide bonds. The van der Waals surface area contributed by atoms with E-state index >= 15 is 0 Å². The topological polar surface area (TPSA) is 69.7 Å². The molecule has 0 bridgehead atoms. The fourth-order valence-corrected chi connectivity index (χ4v) is 2.50. The molecule has 1 aliphatic heterocycles. The molecule has 132 valence electrons. The Bertz CT molecular complexity index is 655. The van der Waals surface area contributed by atoms with Gasteiger partial charge in [0.15, 0.2) is 0 Å². The van der Waals surface area contributed by atoms with E-state index in [0.717, 1.165) is 31.8 Å². The third-order valence-corrected chi connectivity index (χ3v) is 3.85. The molecule has 1 aliphatic rings. The molecule has 0 atom stereocenters. The van der Waals surface area contributed by atoms with E-state index in [2.05, 4.69) is 10.3 Å². The normalized spacial score (nSPS) is 14.7. The van der Waals surface area contributed by atoms with E-state index in [1.54, 1.807) is 12.1 Å². The number of carbonyl (C=O) groups excluding carboxylic acids is 1. The fraction of sp³-hybridized carbons (Fsp3) is 0.368. The number of nitrogens with one attached hydrogen (secondary N) is 1. The number of benzene rings is 1. The second-order valence-corrected chi connectivity index (χ2v) is 5.73. The summed E-state index contributed by atoms with van der Waals surface area (Å²) in [6.07, 6.45) is 3.40. The van der Waals surface area contributed by atoms with Crippen molar-refractivity contribution in [3.63, 3.8) is 0 Å². The molecule has 1 aromatic carbocycles. The van der Waals surface area contributed by atoms with Crippen molar-refractivity contribution in [1.82, 2.24) is 10.3 Å². The third-order valence-electron chi connectivity index (χ3n) is 3.85. The lowest BCUT2D eigenvalue weighted by molar-refractivity contribution is 0.0237. The molecule has 0 spiro atoms. The zero-order valence-electron chi connectivity index (χ0n) is 14.0. The molecule has 6 nitrogen and oxygen atoms in total. The minimum absolute atomic E-state index is 0.135. The first-order valence-corrected chi connectivity index (χ1v) is 8.48. The molecule has 6 heteroatoms. The largest absolute Gasteiger partial charge is 0.492 e. The van der Waals surface area contributed by atoms with Crippen molar-refractivity contribution < 1.29 is 19.0 Å². The maximum absolute atomic E-state index is 12.1. The lowest BCUT2D eigenvalue weighted by atomic mass is 10.1. The molecule has 1 N–H and O–H groups in total. The van der Waals surface area contributed by atoms with E-state index in [1.165, 1.54) is 6.20 Å². The summed E-state index contributed by atoms with van der Waals surface area (Å²) in [5.41, 5.74) is 0.499. The maximum Gasteiger partial charge on any atom is 0.252 e. The van der Waals surface area contributed by atoms with Crippen molar-refractivity contribution in [1.29, 1.82) is 0 Å². The van der Waals surface area contributed by atoms with Crippen LogP contribution in [0, 0.1) is 0 Å². The standard InChI is InChI=1S/C19H22N2O4/c22-19(20-10-13-24-16-4-2-1-3-5-16)15-6-7-18(21-14-15)25-17-8-11-23-12-9-17/h1-7,14,17H,8-13H2,(H,20,22). The molecule has 2 aromatic rings. The second-order valence-electron chi connectivity index (χ2n) is 5.73. The SMILES string of the molecule is O=C(NCCOc1ccccc1)c1ccc(OC2CCOCC2)nc1. The van der Waals surface area contributed by atoms with Crippen LogP contribution in [0.1, 0.15) is 23.2 Å². The van der Waals surface area contributed by atoms with Crippen LogP contribution in [0.2, 0.25) is 0 Å². The van der Waals surface area contributed by atoms with Crippen LogP contribution in [-0.4, -0.2) is 43.4 Å². The van der Waals surface area contributed by atoms with Crippen LogP contribution in [0.3, 0.4) is 0 Å². The summed E-state index contributed by atoms with van der Waals surface area (Å²) >= 11 is 0. The van der Waals surface area contributed by atoms with Gasteiger partial charge in [0.05, 0.1) is 25.3 Å². The number of pyridine rings is 1. The zero-order chi connectivity index (χ0) is 17.3. The van der Waals surface area contributed by atoms with Crippen molar-refractivity contribution >= 4 is 5.91 Å². The Morgan fingerprint density at radius 3 is 2.68 bits per heavy atom. The van der Waals surface area contributed by atoms with Crippen molar-refractivity contribution in [3.05, 3.63) is 54.2 Å². The molecule has 25 heavy (non-hydrogen) atoms. The Labute approximate surface area is 147 Å². The Balaban J connectivity index is 1.41. The average molecular weight is 342 g/mol. The van der Waals surface area contributed by atoms with Gasteiger partial charge in [-0.1, -0.05) is 18.2 Å². The highest BCUT2D eigenvalue weighted by molar-refractivity contribution is 5.93. The Hall–Kier alpha value is -2.60. The molecular formula is C19H22N2O4. The Kier molecular flexibility index (Phi) is 6.23. The molecule has 1 aromatic heterocycles. The highest BCUT2D eigenvalue weighted by atomic mass is 16.5. The molecule has 2 heterocycles. The highest BCUT2D eigenvalue weighted by Crippen LogP contribution is 2.16. The summed E-state index contributed by atoms with van der Waals surface area (Å²) in [7, 11) is 0. The summed E-state index contributed by atoms with van der Waals surface area (Å²) in [6.45, 7) is 2.27. The number of rotatable bonds is 7. The molecule has 0 unspecified atom stereocenters. The van der Waals surface area contributed by atoms with Crippen molar-refractivity contribution in [3.8, 4) is 11.6 Å². The van der Waals surface area contributed by atoms with E-state index in [4.69, 9.17) is 14.2 Å². The second kappa shape index (κ2) is 9.03. The lowest BCUT2D eigenvalue weighted by Gasteiger charge is -2.22. The van der Waals surface area contributed by atoms with Gasteiger partial charge in [0.1, 0.15) is 18.5 Å². The minimum Gasteiger partial charge on any atom is -0.492 e. The van der Waals surface area contributed by atoms with E-state index in [1.807, 2.05) is 30.3 Å². The van der Waals surface area contributed by atoms with Gasteiger partial charge in [-0.2, -0.15) is 0 Å². The fourth-order valence-electron chi connectivity index (χ4n) is 2.50. The summed E-state index contributed by atoms with van der Waals surface area (Å²) in [5.74, 6) is 1.14. The van der Waals surface area contributed by atoms with Gasteiger partial charge in [0.25, 0.3) is 5.91 Å². The predicted octanol–water partition coefficient (Wildman–Crippen LogP) is 2.45. The van der Waals surface area contributed by atoms with Gasteiger partial charge in [-0.15, -0.1) is 0 Å². The summed E-state index contributed by atoms with van der Waals surface area (Å²) < 4.78 is 16.6. The van der Waals surface area contributed by atoms with Crippen molar-refractivity contribution in [2.45, 2.75) is 18.9 Å². The number of para-hydroxylation sites is 1. The van der Waals surface area contributed by atoms with Gasteiger partial charge in [-0.3, -0.25) is 4.79 Å². The molecule has 0 saturated carbocycles. The number of amides is 1. The first-order valence-electron chi connectivity index (χ1n) is 8.48. The molecule has 1 fully saturated rings. The van der Waals surface area contributed by atoms with Gasteiger partial charge in [-0.05, 0) is 18.2 Å². The predicted molar refractivity (Wildman–Crippen MR) is 93.0 cm³/mol. The minimum atomic E-state index is -0.179. The van der Waals surface area contributed by atoms with Gasteiger partial charge >= 0.3 is 0 Å². The van der Waals surface area contributed by atoms with Crippen LogP contribution >= 0.6 is 0 Å². The molecule has 1 saturated heterocycles. The Morgan fingerprint density at radius 1 is 1.16 bits per heavy atom. The summed E-state index contributed by atoms with van der Waals surface area (Å²) in [5, 5.41) is 2.81. The smallest absolute Gasteiger partial charge is 0.252 e. The Morgan fingerprint density at radius 2 is 1.96 bits per heavy atom. The third kappa shape index (κ3) is 5.46. The van der Waals surface area contributed by atoms with E-state index in [0.29, 0.717) is 24.6 Å². The van der Waals surface area contributed by atoms with Crippen LogP contribution in [0.4, 0.5) is 0 Å². The molecule has 3 rings (SSSR count). The van der Waals surface area contributed by atoms with Gasteiger partial charge in [0.2, 0.25) is 5.88 Å². The number of aromatic nitrogens is 1. The van der Waals surface area contributed by atoms with Crippen LogP contribution < -0.4 is 14.8 Å². The summed E-state index contributed by atoms with van der Waals surface area (Å²) in [4.78, 5) is 16.3. The zero-order valence-corrected chi connectivity index (χ0v) is 14.0. The summed E-state index contributed by atoms with van der Waals surface area (Å²) in [6, 6.07) is 12.9. The molecule has 0 radical (unpaired) electrons. The van der Waals surface area contributed by atoms with Crippen molar-refractivity contribution in [2.24, 2.45) is 0 Å². The average Bonchev–Trinajstić information content (AvgIpc) is 2.67. The molecular weight excluding hydrogens is 320 g/mol. The number of nitrogens with zero attached hydrogens (tertiary/aromatic N) is 1. The van der Waals surface area contributed by atoms with Crippen LogP contribution in [0.5, 0.6) is 11.6 Å². The number of ether oxygens (including phenoxy) is 3. The quantitative estimate of drug-likeness (QED) is 0.783. The first-order chi connectivity index (χ1) is 12.3. The van der Waals surface area contributed by atoms with E-state index < -0.39 is 0 Å². The first kappa shape index (κ1) is 17.2. The number of carbonyl (C=O) groups is 1. The van der Waals surface area contributed by atoms with Gasteiger partial charge in [-0.25, -0.2) is 4.98 Å². The number of hydrogen-bond acceptors (Lipinski definition) is 5. The van der Waals surface area contributed by atoms with Crippen molar-refractivity contribution in [2.75, 3.05) is 26.4 Å². The monoisotopic (exact) mass is 342 g/mol. The van der Waals surface area contributed by atoms with E-state index in [-0.39, 0.29) is 12.0 Å². The number of hydrogen-bond donors (Lipinski definition) is 1. The molecule has 0 aliphatic carbocycles. The maximum atomic E-state index is 12.1.